The van der Waals surface area contributed by atoms with Crippen LogP contribution in [0.4, 0.5) is 16.2 Å². The molecular formula is C15H16N2O3S. The molecule has 0 fully saturated rings. The highest BCUT2D eigenvalue weighted by molar-refractivity contribution is 7.80. The summed E-state index contributed by atoms with van der Waals surface area (Å²) < 4.78 is 10.3. The van der Waals surface area contributed by atoms with E-state index in [2.05, 4.69) is 23.3 Å². The Morgan fingerprint density at radius 1 is 1.00 bits per heavy atom. The molecule has 0 heterocycles. The lowest BCUT2D eigenvalue weighted by atomic mass is 10.2. The van der Waals surface area contributed by atoms with Gasteiger partial charge in [-0.25, -0.2) is 4.79 Å². The summed E-state index contributed by atoms with van der Waals surface area (Å²) in [6.45, 7) is 0. The number of carbonyl (C=O) groups excluding carboxylic acids is 1. The monoisotopic (exact) mass is 304 g/mol. The number of methoxy groups -OCH3 is 2. The molecule has 0 unspecified atom stereocenters. The summed E-state index contributed by atoms with van der Waals surface area (Å²) in [6.07, 6.45) is 0. The van der Waals surface area contributed by atoms with Crippen molar-refractivity contribution in [2.24, 2.45) is 0 Å². The van der Waals surface area contributed by atoms with Gasteiger partial charge in [-0.05, 0) is 24.3 Å². The van der Waals surface area contributed by atoms with Crippen LogP contribution in [0.5, 0.6) is 11.5 Å². The van der Waals surface area contributed by atoms with E-state index >= 15 is 0 Å². The maximum absolute atomic E-state index is 12.0. The fourth-order valence-electron chi connectivity index (χ4n) is 1.76. The predicted octanol–water partition coefficient (Wildman–Crippen LogP) is 3.64. The standard InChI is InChI=1S/C15H16N2O3S/c1-19-10-7-8-11(13(9-10)20-2)16-15(18)17-12-5-3-4-6-14(12)21/h3-9,21H,1-2H3,(H2,16,17,18). The quantitative estimate of drug-likeness (QED) is 0.756. The summed E-state index contributed by atoms with van der Waals surface area (Å²) in [7, 11) is 3.10. The molecule has 2 aromatic carbocycles. The Morgan fingerprint density at radius 2 is 1.71 bits per heavy atom. The van der Waals surface area contributed by atoms with Gasteiger partial charge in [-0.2, -0.15) is 0 Å². The highest BCUT2D eigenvalue weighted by Crippen LogP contribution is 2.29. The molecule has 2 aromatic rings. The number of benzene rings is 2. The summed E-state index contributed by atoms with van der Waals surface area (Å²) in [4.78, 5) is 12.7. The molecule has 0 spiro atoms. The van der Waals surface area contributed by atoms with Crippen LogP contribution >= 0.6 is 12.6 Å². The number of rotatable bonds is 4. The number of para-hydroxylation sites is 1. The summed E-state index contributed by atoms with van der Waals surface area (Å²) in [5.74, 6) is 1.17. The SMILES string of the molecule is COc1ccc(NC(=O)Nc2ccccc2S)c(OC)c1. The molecule has 0 aliphatic rings. The van der Waals surface area contributed by atoms with E-state index in [9.17, 15) is 4.79 Å². The van der Waals surface area contributed by atoms with Gasteiger partial charge in [-0.3, -0.25) is 0 Å². The Morgan fingerprint density at radius 3 is 2.38 bits per heavy atom. The van der Waals surface area contributed by atoms with Crippen molar-refractivity contribution in [1.29, 1.82) is 0 Å². The van der Waals surface area contributed by atoms with Crippen molar-refractivity contribution in [1.82, 2.24) is 0 Å². The zero-order valence-corrected chi connectivity index (χ0v) is 12.6. The van der Waals surface area contributed by atoms with Crippen molar-refractivity contribution in [3.05, 3.63) is 42.5 Å². The Kier molecular flexibility index (Phi) is 4.94. The smallest absolute Gasteiger partial charge is 0.323 e. The van der Waals surface area contributed by atoms with E-state index in [1.165, 1.54) is 7.11 Å². The van der Waals surface area contributed by atoms with E-state index in [1.807, 2.05) is 12.1 Å². The fourth-order valence-corrected chi connectivity index (χ4v) is 1.97. The van der Waals surface area contributed by atoms with E-state index in [-0.39, 0.29) is 6.03 Å². The lowest BCUT2D eigenvalue weighted by Crippen LogP contribution is -2.20. The number of amides is 2. The highest BCUT2D eigenvalue weighted by Gasteiger charge is 2.09. The molecule has 0 aliphatic heterocycles. The van der Waals surface area contributed by atoms with E-state index in [0.717, 1.165) is 0 Å². The minimum atomic E-state index is -0.375. The van der Waals surface area contributed by atoms with Crippen LogP contribution in [0.25, 0.3) is 0 Å². The fraction of sp³-hybridized carbons (Fsp3) is 0.133. The molecule has 2 N–H and O–H groups in total. The van der Waals surface area contributed by atoms with Crippen LogP contribution in [0.1, 0.15) is 0 Å². The normalized spacial score (nSPS) is 9.86. The molecular weight excluding hydrogens is 288 g/mol. The van der Waals surface area contributed by atoms with Gasteiger partial charge in [0.15, 0.2) is 0 Å². The number of hydrogen-bond donors (Lipinski definition) is 3. The first-order valence-electron chi connectivity index (χ1n) is 6.22. The molecule has 2 amide bonds. The lowest BCUT2D eigenvalue weighted by molar-refractivity contribution is 0.262. The number of nitrogens with one attached hydrogen (secondary N) is 2. The molecule has 0 aliphatic carbocycles. The number of anilines is 2. The van der Waals surface area contributed by atoms with E-state index in [0.29, 0.717) is 27.8 Å². The third kappa shape index (κ3) is 3.82. The molecule has 0 saturated heterocycles. The van der Waals surface area contributed by atoms with Gasteiger partial charge >= 0.3 is 6.03 Å². The Labute approximate surface area is 128 Å². The second-order valence-corrected chi connectivity index (χ2v) is 4.64. The van der Waals surface area contributed by atoms with Crippen molar-refractivity contribution in [3.8, 4) is 11.5 Å². The lowest BCUT2D eigenvalue weighted by Gasteiger charge is -2.13. The third-order valence-electron chi connectivity index (χ3n) is 2.81. The average Bonchev–Trinajstić information content (AvgIpc) is 2.50. The molecule has 0 radical (unpaired) electrons. The van der Waals surface area contributed by atoms with Crippen molar-refractivity contribution in [2.45, 2.75) is 4.90 Å². The van der Waals surface area contributed by atoms with Crippen LogP contribution in [0.3, 0.4) is 0 Å². The van der Waals surface area contributed by atoms with Crippen LogP contribution in [-0.2, 0) is 0 Å². The van der Waals surface area contributed by atoms with Gasteiger partial charge in [0.25, 0.3) is 0 Å². The number of urea groups is 1. The summed E-state index contributed by atoms with van der Waals surface area (Å²) >= 11 is 4.28. The topological polar surface area (TPSA) is 59.6 Å². The number of hydrogen-bond acceptors (Lipinski definition) is 4. The Balaban J connectivity index is 2.11. The van der Waals surface area contributed by atoms with Crippen LogP contribution in [-0.4, -0.2) is 20.3 Å². The summed E-state index contributed by atoms with van der Waals surface area (Å²) in [5, 5.41) is 5.45. The number of carbonyl (C=O) groups is 1. The van der Waals surface area contributed by atoms with Crippen LogP contribution in [0.15, 0.2) is 47.4 Å². The van der Waals surface area contributed by atoms with E-state index in [1.54, 1.807) is 37.4 Å². The summed E-state index contributed by atoms with van der Waals surface area (Å²) in [6, 6.07) is 12.0. The van der Waals surface area contributed by atoms with Crippen molar-refractivity contribution in [3.63, 3.8) is 0 Å². The van der Waals surface area contributed by atoms with Gasteiger partial charge in [0.05, 0.1) is 25.6 Å². The largest absolute Gasteiger partial charge is 0.497 e. The van der Waals surface area contributed by atoms with E-state index < -0.39 is 0 Å². The van der Waals surface area contributed by atoms with Gasteiger partial charge in [-0.15, -0.1) is 12.6 Å². The number of ether oxygens (including phenoxy) is 2. The van der Waals surface area contributed by atoms with Crippen LogP contribution in [0, 0.1) is 0 Å². The minimum absolute atomic E-state index is 0.375. The van der Waals surface area contributed by atoms with E-state index in [4.69, 9.17) is 9.47 Å². The second-order valence-electron chi connectivity index (χ2n) is 4.16. The molecule has 0 bridgehead atoms. The predicted molar refractivity (Wildman–Crippen MR) is 85.9 cm³/mol. The van der Waals surface area contributed by atoms with Gasteiger partial charge in [-0.1, -0.05) is 12.1 Å². The first-order valence-corrected chi connectivity index (χ1v) is 6.67. The minimum Gasteiger partial charge on any atom is -0.497 e. The summed E-state index contributed by atoms with van der Waals surface area (Å²) in [5.41, 5.74) is 1.18. The zero-order valence-electron chi connectivity index (χ0n) is 11.7. The van der Waals surface area contributed by atoms with Gasteiger partial charge in [0, 0.05) is 11.0 Å². The molecule has 0 atom stereocenters. The van der Waals surface area contributed by atoms with Crippen LogP contribution < -0.4 is 20.1 Å². The molecule has 0 saturated carbocycles. The van der Waals surface area contributed by atoms with Gasteiger partial charge < -0.3 is 20.1 Å². The average molecular weight is 304 g/mol. The van der Waals surface area contributed by atoms with Gasteiger partial charge in [0.1, 0.15) is 11.5 Å². The number of thiol groups is 1. The van der Waals surface area contributed by atoms with Crippen molar-refractivity contribution >= 4 is 30.0 Å². The Bertz CT molecular complexity index is 647. The molecule has 6 heteroatoms. The maximum Gasteiger partial charge on any atom is 0.323 e. The van der Waals surface area contributed by atoms with Crippen molar-refractivity contribution < 1.29 is 14.3 Å². The van der Waals surface area contributed by atoms with Crippen LogP contribution in [0.2, 0.25) is 0 Å². The third-order valence-corrected chi connectivity index (χ3v) is 3.20. The molecule has 5 nitrogen and oxygen atoms in total. The van der Waals surface area contributed by atoms with Crippen molar-refractivity contribution in [2.75, 3.05) is 24.9 Å². The molecule has 110 valence electrons. The molecule has 21 heavy (non-hydrogen) atoms. The van der Waals surface area contributed by atoms with Gasteiger partial charge in [0.2, 0.25) is 0 Å². The first-order chi connectivity index (χ1) is 10.1. The molecule has 2 rings (SSSR count). The maximum atomic E-state index is 12.0. The highest BCUT2D eigenvalue weighted by atomic mass is 32.1. The Hall–Kier alpha value is -2.34. The zero-order chi connectivity index (χ0) is 15.2. The first kappa shape index (κ1) is 15.1. The second kappa shape index (κ2) is 6.90. The molecule has 0 aromatic heterocycles.